The zero-order valence-corrected chi connectivity index (χ0v) is 19.2. The molecule has 0 radical (unpaired) electrons. The van der Waals surface area contributed by atoms with E-state index in [4.69, 9.17) is 0 Å². The minimum absolute atomic E-state index is 0.0131. The minimum Gasteiger partial charge on any atom is -0.369 e. The highest BCUT2D eigenvalue weighted by Gasteiger charge is 2.35. The van der Waals surface area contributed by atoms with Crippen molar-refractivity contribution in [2.45, 2.75) is 32.7 Å². The number of thiophene rings is 1. The van der Waals surface area contributed by atoms with Crippen LogP contribution in [0.1, 0.15) is 35.4 Å². The number of aryl methyl sites for hydroxylation is 1. The molecule has 1 fully saturated rings. The molecule has 3 heterocycles. The third-order valence-corrected chi connectivity index (χ3v) is 8.87. The molecule has 8 heteroatoms. The molecule has 1 atom stereocenters. The molecule has 0 bridgehead atoms. The molecular weight excluding hydrogens is 418 g/mol. The number of piperazine rings is 1. The van der Waals surface area contributed by atoms with Crippen molar-refractivity contribution in [3.63, 3.8) is 0 Å². The Bertz CT molecular complexity index is 1010. The summed E-state index contributed by atoms with van der Waals surface area (Å²) in [5.41, 5.74) is 3.49. The quantitative estimate of drug-likeness (QED) is 0.707. The Kier molecular flexibility index (Phi) is 6.18. The van der Waals surface area contributed by atoms with Gasteiger partial charge in [-0.05, 0) is 54.5 Å². The van der Waals surface area contributed by atoms with Crippen LogP contribution in [0.15, 0.2) is 35.7 Å². The number of amides is 1. The highest BCUT2D eigenvalue weighted by Crippen LogP contribution is 2.35. The summed E-state index contributed by atoms with van der Waals surface area (Å²) < 4.78 is 27.5. The molecule has 30 heavy (non-hydrogen) atoms. The molecule has 2 aromatic rings. The number of hydrogen-bond donors (Lipinski definition) is 0. The molecule has 4 rings (SSSR count). The van der Waals surface area contributed by atoms with Crippen LogP contribution in [-0.4, -0.2) is 62.0 Å². The highest BCUT2D eigenvalue weighted by molar-refractivity contribution is 7.89. The zero-order chi connectivity index (χ0) is 21.3. The summed E-state index contributed by atoms with van der Waals surface area (Å²) in [7, 11) is -3.62. The molecule has 0 aliphatic carbocycles. The van der Waals surface area contributed by atoms with Crippen LogP contribution in [0, 0.1) is 6.92 Å². The van der Waals surface area contributed by atoms with Gasteiger partial charge >= 0.3 is 0 Å². The maximum Gasteiger partial charge on any atom is 0.239 e. The molecule has 1 amide bonds. The lowest BCUT2D eigenvalue weighted by molar-refractivity contribution is -0.131. The summed E-state index contributed by atoms with van der Waals surface area (Å²) in [6.07, 6.45) is 1.61. The third-order valence-electron chi connectivity index (χ3n) is 6.11. The van der Waals surface area contributed by atoms with Crippen LogP contribution in [-0.2, 0) is 21.2 Å². The molecule has 1 aromatic heterocycles. The van der Waals surface area contributed by atoms with Gasteiger partial charge in [-0.25, -0.2) is 8.42 Å². The first kappa shape index (κ1) is 21.3. The monoisotopic (exact) mass is 447 g/mol. The van der Waals surface area contributed by atoms with E-state index in [1.54, 1.807) is 16.2 Å². The fraction of sp³-hybridized carbons (Fsp3) is 0.500. The Hall–Kier alpha value is -1.90. The molecule has 2 aliphatic rings. The smallest absolute Gasteiger partial charge is 0.239 e. The van der Waals surface area contributed by atoms with Crippen molar-refractivity contribution in [3.05, 3.63) is 51.7 Å². The molecule has 0 spiro atoms. The summed E-state index contributed by atoms with van der Waals surface area (Å²) in [5, 5.41) is 2.06. The van der Waals surface area contributed by atoms with E-state index in [-0.39, 0.29) is 11.9 Å². The van der Waals surface area contributed by atoms with Crippen molar-refractivity contribution in [2.75, 3.05) is 43.4 Å². The van der Waals surface area contributed by atoms with Gasteiger partial charge in [-0.15, -0.1) is 11.3 Å². The van der Waals surface area contributed by atoms with Crippen LogP contribution in [0.3, 0.4) is 0 Å². The van der Waals surface area contributed by atoms with Crippen molar-refractivity contribution in [1.82, 2.24) is 9.21 Å². The van der Waals surface area contributed by atoms with Crippen molar-refractivity contribution in [2.24, 2.45) is 0 Å². The number of sulfonamides is 1. The summed E-state index contributed by atoms with van der Waals surface area (Å²) in [5.74, 6) is -0.715. The van der Waals surface area contributed by atoms with Crippen LogP contribution in [0.2, 0.25) is 0 Å². The first-order valence-corrected chi connectivity index (χ1v) is 13.0. The van der Waals surface area contributed by atoms with Crippen LogP contribution >= 0.6 is 11.3 Å². The van der Waals surface area contributed by atoms with Crippen molar-refractivity contribution < 1.29 is 13.2 Å². The van der Waals surface area contributed by atoms with Gasteiger partial charge in [0.25, 0.3) is 0 Å². The van der Waals surface area contributed by atoms with Gasteiger partial charge in [0.1, 0.15) is 5.75 Å². The normalized spacial score (nSPS) is 20.3. The van der Waals surface area contributed by atoms with Gasteiger partial charge in [0, 0.05) is 43.3 Å². The number of benzene rings is 1. The van der Waals surface area contributed by atoms with Gasteiger partial charge in [0.2, 0.25) is 15.9 Å². The second kappa shape index (κ2) is 8.69. The summed E-state index contributed by atoms with van der Waals surface area (Å²) in [6.45, 7) is 6.80. The van der Waals surface area contributed by atoms with Crippen LogP contribution < -0.4 is 4.90 Å². The van der Waals surface area contributed by atoms with E-state index in [9.17, 15) is 13.2 Å². The number of rotatable bonds is 5. The third kappa shape index (κ3) is 4.26. The standard InChI is InChI=1S/C22H29N3O3S2/c1-3-20-19-8-14-29-21(19)7-9-25(20)22(26)16-30(27,28)24-12-10-23(11-13-24)18-6-4-5-17(2)15-18/h4-6,8,14-15,20H,3,7,9-13,16H2,1-2H3. The Morgan fingerprint density at radius 1 is 1.13 bits per heavy atom. The van der Waals surface area contributed by atoms with Crippen molar-refractivity contribution in [3.8, 4) is 0 Å². The molecule has 2 aliphatic heterocycles. The topological polar surface area (TPSA) is 60.9 Å². The molecule has 1 saturated heterocycles. The molecule has 0 saturated carbocycles. The SMILES string of the molecule is CCC1c2ccsc2CCN1C(=O)CS(=O)(=O)N1CCN(c2cccc(C)c2)CC1. The summed E-state index contributed by atoms with van der Waals surface area (Å²) in [6, 6.07) is 10.3. The first-order chi connectivity index (χ1) is 14.4. The first-order valence-electron chi connectivity index (χ1n) is 10.5. The minimum atomic E-state index is -3.62. The van der Waals surface area contributed by atoms with Crippen LogP contribution in [0.25, 0.3) is 0 Å². The van der Waals surface area contributed by atoms with Crippen LogP contribution in [0.5, 0.6) is 0 Å². The lowest BCUT2D eigenvalue weighted by Crippen LogP contribution is -2.51. The van der Waals surface area contributed by atoms with E-state index in [0.717, 1.165) is 18.5 Å². The van der Waals surface area contributed by atoms with Gasteiger partial charge in [-0.1, -0.05) is 19.1 Å². The average Bonchev–Trinajstić information content (AvgIpc) is 3.21. The Labute approximate surface area is 183 Å². The lowest BCUT2D eigenvalue weighted by atomic mass is 9.98. The predicted octanol–water partition coefficient (Wildman–Crippen LogP) is 3.04. The largest absolute Gasteiger partial charge is 0.369 e. The average molecular weight is 448 g/mol. The van der Waals surface area contributed by atoms with E-state index in [1.165, 1.54) is 20.3 Å². The zero-order valence-electron chi connectivity index (χ0n) is 17.6. The summed E-state index contributed by atoms with van der Waals surface area (Å²) in [4.78, 5) is 18.3. The van der Waals surface area contributed by atoms with E-state index in [1.807, 2.05) is 6.07 Å². The molecule has 162 valence electrons. The molecule has 1 unspecified atom stereocenters. The number of nitrogens with zero attached hydrogens (tertiary/aromatic N) is 3. The number of carbonyl (C=O) groups is 1. The molecule has 6 nitrogen and oxygen atoms in total. The van der Waals surface area contributed by atoms with Gasteiger partial charge in [0.05, 0.1) is 6.04 Å². The van der Waals surface area contributed by atoms with Gasteiger partial charge < -0.3 is 9.80 Å². The summed E-state index contributed by atoms with van der Waals surface area (Å²) >= 11 is 1.72. The van der Waals surface area contributed by atoms with Gasteiger partial charge in [-0.2, -0.15) is 4.31 Å². The molecule has 0 N–H and O–H groups in total. The Balaban J connectivity index is 1.39. The lowest BCUT2D eigenvalue weighted by Gasteiger charge is -2.37. The fourth-order valence-corrected chi connectivity index (χ4v) is 6.82. The Morgan fingerprint density at radius 2 is 1.90 bits per heavy atom. The number of fused-ring (bicyclic) bond motifs is 1. The highest BCUT2D eigenvalue weighted by atomic mass is 32.2. The number of carbonyl (C=O) groups excluding carboxylic acids is 1. The molecule has 1 aromatic carbocycles. The van der Waals surface area contributed by atoms with E-state index >= 15 is 0 Å². The van der Waals surface area contributed by atoms with E-state index < -0.39 is 15.8 Å². The second-order valence-corrected chi connectivity index (χ2v) is 11.0. The Morgan fingerprint density at radius 3 is 2.60 bits per heavy atom. The maximum atomic E-state index is 13.0. The van der Waals surface area contributed by atoms with E-state index in [2.05, 4.69) is 48.4 Å². The second-order valence-electron chi connectivity index (χ2n) is 8.04. The molecular formula is C22H29N3O3S2. The van der Waals surface area contributed by atoms with Gasteiger partial charge in [0.15, 0.2) is 0 Å². The fourth-order valence-electron chi connectivity index (χ4n) is 4.51. The predicted molar refractivity (Wildman–Crippen MR) is 122 cm³/mol. The van der Waals surface area contributed by atoms with Crippen molar-refractivity contribution in [1.29, 1.82) is 0 Å². The van der Waals surface area contributed by atoms with Gasteiger partial charge in [-0.3, -0.25) is 4.79 Å². The van der Waals surface area contributed by atoms with E-state index in [0.29, 0.717) is 32.7 Å². The maximum absolute atomic E-state index is 13.0. The number of hydrogen-bond acceptors (Lipinski definition) is 5. The number of anilines is 1. The van der Waals surface area contributed by atoms with Crippen LogP contribution in [0.4, 0.5) is 5.69 Å². The van der Waals surface area contributed by atoms with Crippen molar-refractivity contribution >= 4 is 33.0 Å².